The number of carbonyl (C=O) groups is 2. The number of allylic oxidation sites excluding steroid dienone is 8. The number of nitrogens with one attached hydrogen (secondary N) is 2. The molecular formula is C24H32GaIN4O4. The first-order valence-electron chi connectivity index (χ1n) is 10.7. The second-order valence-electron chi connectivity index (χ2n) is 7.05. The third-order valence-electron chi connectivity index (χ3n) is 4.65. The van der Waals surface area contributed by atoms with E-state index in [0.717, 1.165) is 52.1 Å². The summed E-state index contributed by atoms with van der Waals surface area (Å²) >= 11 is 0. The second kappa shape index (κ2) is 19.6. The molecule has 0 saturated heterocycles. The van der Waals surface area contributed by atoms with Crippen molar-refractivity contribution in [2.24, 2.45) is 0 Å². The van der Waals surface area contributed by atoms with Gasteiger partial charge < -0.3 is 54.7 Å². The Labute approximate surface area is 232 Å². The number of carbonyl (C=O) groups excluding carboxylic acids is 2. The van der Waals surface area contributed by atoms with Crippen LogP contribution in [0.5, 0.6) is 0 Å². The molecule has 34 heavy (non-hydrogen) atoms. The van der Waals surface area contributed by atoms with Crippen LogP contribution in [0.25, 0.3) is 10.6 Å². The van der Waals surface area contributed by atoms with Crippen LogP contribution in [-0.2, 0) is 19.1 Å². The van der Waals surface area contributed by atoms with E-state index < -0.39 is 0 Å². The summed E-state index contributed by atoms with van der Waals surface area (Å²) in [7, 11) is 3.08. The molecule has 10 heteroatoms. The van der Waals surface area contributed by atoms with Crippen LogP contribution in [-0.4, -0.2) is 84.8 Å². The number of rotatable bonds is 15. The Morgan fingerprint density at radius 2 is 1.15 bits per heavy atom. The molecule has 0 atom stereocenters. The number of nitrogens with zero attached hydrogens (tertiary/aromatic N) is 2. The zero-order valence-electron chi connectivity index (χ0n) is 19.8. The van der Waals surface area contributed by atoms with Gasteiger partial charge >= 0.3 is 19.8 Å². The van der Waals surface area contributed by atoms with E-state index in [2.05, 4.69) is 21.3 Å². The molecule has 8 nitrogen and oxygen atoms in total. The van der Waals surface area contributed by atoms with Gasteiger partial charge in [-0.25, -0.2) is 0 Å². The van der Waals surface area contributed by atoms with Gasteiger partial charge in [0.1, 0.15) is 11.5 Å². The number of hydrogen-bond acceptors (Lipinski definition) is 6. The molecule has 2 N–H and O–H groups in total. The smallest absolute Gasteiger partial charge is 1.00 e. The minimum Gasteiger partial charge on any atom is -1.00 e. The van der Waals surface area contributed by atoms with Crippen molar-refractivity contribution in [3.05, 3.63) is 82.2 Å². The van der Waals surface area contributed by atoms with Gasteiger partial charge in [-0.15, -0.1) is 13.1 Å². The van der Waals surface area contributed by atoms with Crippen molar-refractivity contribution in [1.82, 2.24) is 10.6 Å². The van der Waals surface area contributed by atoms with Crippen LogP contribution in [0.3, 0.4) is 0 Å². The number of ketones is 2. The van der Waals surface area contributed by atoms with Gasteiger partial charge in [-0.1, -0.05) is 12.8 Å². The van der Waals surface area contributed by atoms with E-state index >= 15 is 0 Å². The molecule has 0 aromatic heterocycles. The summed E-state index contributed by atoms with van der Waals surface area (Å²) in [5.41, 5.74) is 1.23. The first kappa shape index (κ1) is 32.3. The molecule has 0 unspecified atom stereocenters. The second-order valence-corrected chi connectivity index (χ2v) is 7.05. The van der Waals surface area contributed by atoms with Crippen molar-refractivity contribution < 1.29 is 43.0 Å². The third kappa shape index (κ3) is 12.7. The molecule has 0 saturated carbocycles. The molecular weight excluding hydrogens is 602 g/mol. The minimum atomic E-state index is -0.0628. The SMILES string of the molecule is COC1=CC(=O)/C(=C\NCCC[N-]CC[N-]CCCN/C=C2\C=CC(OC)=CC2=O)C=C1.[67Ga+3].[I-]. The summed E-state index contributed by atoms with van der Waals surface area (Å²) in [6.07, 6.45) is 15.2. The summed E-state index contributed by atoms with van der Waals surface area (Å²) in [5, 5.41) is 15.2. The number of ether oxygens (including phenoxy) is 2. The van der Waals surface area contributed by atoms with E-state index in [1.165, 1.54) is 12.2 Å². The Bertz CT molecular complexity index is 767. The van der Waals surface area contributed by atoms with Crippen LogP contribution >= 0.6 is 0 Å². The van der Waals surface area contributed by atoms with Gasteiger partial charge in [0.05, 0.1) is 14.2 Å². The Hall–Kier alpha value is -1.73. The summed E-state index contributed by atoms with van der Waals surface area (Å²) < 4.78 is 10.1. The number of halogens is 1. The van der Waals surface area contributed by atoms with Gasteiger partial charge in [0.25, 0.3) is 0 Å². The Morgan fingerprint density at radius 1 is 0.735 bits per heavy atom. The van der Waals surface area contributed by atoms with Gasteiger partial charge in [0, 0.05) is 48.8 Å². The molecule has 0 aliphatic heterocycles. The minimum absolute atomic E-state index is 0. The van der Waals surface area contributed by atoms with Crippen LogP contribution in [0.4, 0.5) is 0 Å². The molecule has 2 aliphatic carbocycles. The van der Waals surface area contributed by atoms with E-state index in [1.807, 2.05) is 0 Å². The van der Waals surface area contributed by atoms with Crippen molar-refractivity contribution in [2.75, 3.05) is 53.5 Å². The van der Waals surface area contributed by atoms with Crippen LogP contribution in [0.2, 0.25) is 0 Å². The zero-order valence-corrected chi connectivity index (χ0v) is 24.3. The van der Waals surface area contributed by atoms with Crippen LogP contribution < -0.4 is 34.6 Å². The first-order valence-corrected chi connectivity index (χ1v) is 10.7. The molecule has 0 spiro atoms. The van der Waals surface area contributed by atoms with E-state index in [0.29, 0.717) is 22.7 Å². The normalized spacial score (nSPS) is 17.0. The van der Waals surface area contributed by atoms with E-state index in [1.54, 1.807) is 50.9 Å². The van der Waals surface area contributed by atoms with Gasteiger partial charge in [-0.2, -0.15) is 13.1 Å². The zero-order chi connectivity index (χ0) is 23.0. The fourth-order valence-corrected chi connectivity index (χ4v) is 2.84. The predicted molar refractivity (Wildman–Crippen MR) is 132 cm³/mol. The predicted octanol–water partition coefficient (Wildman–Crippen LogP) is -0.577. The molecule has 0 radical (unpaired) electrons. The van der Waals surface area contributed by atoms with Gasteiger partial charge in [-0.3, -0.25) is 9.59 Å². The van der Waals surface area contributed by atoms with Crippen molar-refractivity contribution in [2.45, 2.75) is 12.8 Å². The summed E-state index contributed by atoms with van der Waals surface area (Å²) in [5.74, 6) is 1.01. The van der Waals surface area contributed by atoms with Crippen molar-refractivity contribution in [3.63, 3.8) is 0 Å². The fraction of sp³-hybridized carbons (Fsp3) is 0.417. The summed E-state index contributed by atoms with van der Waals surface area (Å²) in [4.78, 5) is 23.7. The van der Waals surface area contributed by atoms with Crippen LogP contribution in [0.1, 0.15) is 12.8 Å². The maximum absolute atomic E-state index is 11.8. The fourth-order valence-electron chi connectivity index (χ4n) is 2.84. The largest absolute Gasteiger partial charge is 3.00 e. The molecule has 0 bridgehead atoms. The maximum Gasteiger partial charge on any atom is 3.00 e. The molecule has 2 rings (SSSR count). The topological polar surface area (TPSA) is 105 Å². The van der Waals surface area contributed by atoms with Crippen LogP contribution in [0, 0.1) is 0 Å². The molecule has 0 fully saturated rings. The van der Waals surface area contributed by atoms with Crippen molar-refractivity contribution in [3.8, 4) is 0 Å². The average molecular weight is 634 g/mol. The monoisotopic (exact) mass is 634 g/mol. The van der Waals surface area contributed by atoms with Crippen molar-refractivity contribution in [1.29, 1.82) is 0 Å². The van der Waals surface area contributed by atoms with Gasteiger partial charge in [0.2, 0.25) is 0 Å². The van der Waals surface area contributed by atoms with E-state index in [9.17, 15) is 9.59 Å². The number of methoxy groups -OCH3 is 2. The average Bonchev–Trinajstić information content (AvgIpc) is 2.80. The molecule has 0 heterocycles. The molecule has 0 aromatic carbocycles. The summed E-state index contributed by atoms with van der Waals surface area (Å²) in [6.45, 7) is 4.48. The molecule has 182 valence electrons. The van der Waals surface area contributed by atoms with Crippen molar-refractivity contribution >= 4 is 31.4 Å². The van der Waals surface area contributed by atoms with Crippen LogP contribution in [0.15, 0.2) is 71.5 Å². The number of hydrogen-bond donors (Lipinski definition) is 2. The van der Waals surface area contributed by atoms with Gasteiger partial charge in [0.15, 0.2) is 11.6 Å². The van der Waals surface area contributed by atoms with Gasteiger partial charge in [-0.05, 0) is 24.3 Å². The maximum atomic E-state index is 11.8. The Morgan fingerprint density at radius 3 is 1.50 bits per heavy atom. The molecule has 2 aliphatic rings. The quantitative estimate of drug-likeness (QED) is 0.108. The Kier molecular flexibility index (Phi) is 18.6. The third-order valence-corrected chi connectivity index (χ3v) is 4.65. The first-order chi connectivity index (χ1) is 15.6. The standard InChI is InChI=1S/C24H32N4O4.Ga.HI/c1-31-21-7-5-19(23(29)15-21)17-27-11-3-9-25-13-14-26-10-4-12-28-18-20-6-8-22(32-2)16-24(20)30;;/h5-8,15-18,27-28H,3-4,9-14H2,1-2H3;;1H/q-2;+3;/p-1/b19-17-,20-18+;;/i;1-3;. The molecule has 0 aromatic rings. The Balaban J connectivity index is 0.00000544. The van der Waals surface area contributed by atoms with E-state index in [4.69, 9.17) is 9.47 Å². The summed E-state index contributed by atoms with van der Waals surface area (Å²) in [6, 6.07) is 0. The van der Waals surface area contributed by atoms with E-state index in [-0.39, 0.29) is 55.3 Å². The molecule has 0 amide bonds.